The van der Waals surface area contributed by atoms with Crippen molar-refractivity contribution in [3.63, 3.8) is 0 Å². The van der Waals surface area contributed by atoms with Gasteiger partial charge in [0.05, 0.1) is 11.9 Å². The molecule has 1 aliphatic heterocycles. The molecule has 0 saturated heterocycles. The highest BCUT2D eigenvalue weighted by Crippen LogP contribution is 2.57. The van der Waals surface area contributed by atoms with Gasteiger partial charge in [0.15, 0.2) is 0 Å². The standard InChI is InChI=1S/C20H23O3P/c1-4-16-18-14-10-13-17(15-11-8-7-9-12-15)20(18)24(21,22-6-3)23-19(16)5-2/h7-14H,4-6H2,1-3H3. The fourth-order valence-electron chi connectivity index (χ4n) is 3.26. The van der Waals surface area contributed by atoms with E-state index in [0.717, 1.165) is 34.4 Å². The Bertz CT molecular complexity index is 809. The molecule has 0 fully saturated rings. The molecule has 3 nitrogen and oxygen atoms in total. The maximum absolute atomic E-state index is 13.6. The fraction of sp³-hybridized carbons (Fsp3) is 0.300. The minimum absolute atomic E-state index is 0.346. The Morgan fingerprint density at radius 3 is 2.25 bits per heavy atom. The first kappa shape index (κ1) is 17.0. The number of rotatable bonds is 5. The maximum Gasteiger partial charge on any atom is 0.411 e. The molecule has 0 bridgehead atoms. The van der Waals surface area contributed by atoms with Crippen LogP contribution < -0.4 is 5.30 Å². The van der Waals surface area contributed by atoms with Crippen LogP contribution in [0.5, 0.6) is 0 Å². The first-order valence-electron chi connectivity index (χ1n) is 8.50. The molecule has 0 radical (unpaired) electrons. The van der Waals surface area contributed by atoms with Crippen LogP contribution in [0.2, 0.25) is 0 Å². The molecular weight excluding hydrogens is 319 g/mol. The average molecular weight is 342 g/mol. The Labute approximate surface area is 143 Å². The highest BCUT2D eigenvalue weighted by molar-refractivity contribution is 7.63. The van der Waals surface area contributed by atoms with Gasteiger partial charge in [-0.15, -0.1) is 0 Å². The molecule has 24 heavy (non-hydrogen) atoms. The first-order valence-corrected chi connectivity index (χ1v) is 10.0. The summed E-state index contributed by atoms with van der Waals surface area (Å²) in [5, 5.41) is 0.701. The third kappa shape index (κ3) is 2.83. The minimum Gasteiger partial charge on any atom is -0.425 e. The zero-order chi connectivity index (χ0) is 17.2. The van der Waals surface area contributed by atoms with Gasteiger partial charge in [-0.05, 0) is 35.6 Å². The van der Waals surface area contributed by atoms with Gasteiger partial charge in [0, 0.05) is 6.42 Å². The number of hydrogen-bond donors (Lipinski definition) is 0. The first-order chi connectivity index (χ1) is 11.6. The van der Waals surface area contributed by atoms with Crippen molar-refractivity contribution in [2.24, 2.45) is 0 Å². The molecule has 1 unspecified atom stereocenters. The molecule has 3 rings (SSSR count). The lowest BCUT2D eigenvalue weighted by molar-refractivity contribution is 0.255. The summed E-state index contributed by atoms with van der Waals surface area (Å²) in [6.45, 7) is 6.31. The molecule has 4 heteroatoms. The van der Waals surface area contributed by atoms with Gasteiger partial charge in [0.1, 0.15) is 5.76 Å². The van der Waals surface area contributed by atoms with E-state index in [0.29, 0.717) is 18.3 Å². The molecule has 0 amide bonds. The lowest BCUT2D eigenvalue weighted by atomic mass is 9.96. The van der Waals surface area contributed by atoms with E-state index in [1.54, 1.807) is 0 Å². The predicted octanol–water partition coefficient (Wildman–Crippen LogP) is 5.77. The van der Waals surface area contributed by atoms with Crippen LogP contribution in [0.3, 0.4) is 0 Å². The summed E-state index contributed by atoms with van der Waals surface area (Å²) in [6, 6.07) is 16.0. The van der Waals surface area contributed by atoms with Gasteiger partial charge in [-0.3, -0.25) is 4.52 Å². The van der Waals surface area contributed by atoms with Crippen LogP contribution in [0.25, 0.3) is 16.7 Å². The molecule has 1 heterocycles. The molecule has 0 spiro atoms. The Kier molecular flexibility index (Phi) is 4.93. The molecule has 0 aliphatic carbocycles. The number of hydrogen-bond acceptors (Lipinski definition) is 3. The second-order valence-electron chi connectivity index (χ2n) is 5.68. The van der Waals surface area contributed by atoms with Crippen LogP contribution in [-0.4, -0.2) is 6.61 Å². The topological polar surface area (TPSA) is 35.5 Å². The van der Waals surface area contributed by atoms with Crippen LogP contribution in [0.15, 0.2) is 54.3 Å². The predicted molar refractivity (Wildman–Crippen MR) is 99.3 cm³/mol. The van der Waals surface area contributed by atoms with E-state index < -0.39 is 7.60 Å². The van der Waals surface area contributed by atoms with Crippen molar-refractivity contribution in [1.82, 2.24) is 0 Å². The summed E-state index contributed by atoms with van der Waals surface area (Å²) in [6.07, 6.45) is 1.54. The van der Waals surface area contributed by atoms with Crippen molar-refractivity contribution in [3.8, 4) is 11.1 Å². The van der Waals surface area contributed by atoms with Crippen LogP contribution in [-0.2, 0) is 13.6 Å². The van der Waals surface area contributed by atoms with E-state index in [1.807, 2.05) is 62.4 Å². The van der Waals surface area contributed by atoms with Gasteiger partial charge in [-0.25, -0.2) is 4.57 Å². The summed E-state index contributed by atoms with van der Waals surface area (Å²) >= 11 is 0. The summed E-state index contributed by atoms with van der Waals surface area (Å²) in [5.41, 5.74) is 4.06. The highest BCUT2D eigenvalue weighted by Gasteiger charge is 2.40. The molecule has 1 atom stereocenters. The van der Waals surface area contributed by atoms with Gasteiger partial charge in [0.2, 0.25) is 0 Å². The zero-order valence-electron chi connectivity index (χ0n) is 14.4. The molecule has 0 saturated carbocycles. The Morgan fingerprint density at radius 1 is 0.917 bits per heavy atom. The van der Waals surface area contributed by atoms with E-state index in [9.17, 15) is 4.57 Å². The van der Waals surface area contributed by atoms with Crippen LogP contribution in [0.1, 0.15) is 39.2 Å². The van der Waals surface area contributed by atoms with E-state index in [1.165, 1.54) is 0 Å². The fourth-order valence-corrected chi connectivity index (χ4v) is 5.40. The SMILES string of the molecule is CCOP1(=O)OC(CC)=C(CC)c2cccc(-c3ccccc3)c21. The Balaban J connectivity index is 2.32. The van der Waals surface area contributed by atoms with E-state index in [4.69, 9.17) is 9.05 Å². The number of benzene rings is 2. The molecule has 0 N–H and O–H groups in total. The van der Waals surface area contributed by atoms with Crippen molar-refractivity contribution in [3.05, 3.63) is 59.9 Å². The van der Waals surface area contributed by atoms with E-state index in [-0.39, 0.29) is 0 Å². The average Bonchev–Trinajstić information content (AvgIpc) is 2.62. The lowest BCUT2D eigenvalue weighted by Crippen LogP contribution is -2.22. The monoisotopic (exact) mass is 342 g/mol. The zero-order valence-corrected chi connectivity index (χ0v) is 15.3. The highest BCUT2D eigenvalue weighted by atomic mass is 31.2. The Morgan fingerprint density at radius 2 is 1.62 bits per heavy atom. The van der Waals surface area contributed by atoms with Crippen LogP contribution >= 0.6 is 7.60 Å². The Hall–Kier alpha value is -1.83. The summed E-state index contributed by atoms with van der Waals surface area (Å²) in [5.74, 6) is 0.784. The third-order valence-electron chi connectivity index (χ3n) is 4.26. The van der Waals surface area contributed by atoms with Gasteiger partial charge in [-0.1, -0.05) is 62.4 Å². The van der Waals surface area contributed by atoms with Crippen molar-refractivity contribution < 1.29 is 13.6 Å². The second-order valence-corrected chi connectivity index (χ2v) is 7.57. The van der Waals surface area contributed by atoms with Gasteiger partial charge in [-0.2, -0.15) is 0 Å². The normalized spacial score (nSPS) is 19.8. The smallest absolute Gasteiger partial charge is 0.411 e. The largest absolute Gasteiger partial charge is 0.425 e. The molecule has 2 aromatic carbocycles. The minimum atomic E-state index is -3.39. The van der Waals surface area contributed by atoms with E-state index in [2.05, 4.69) is 6.92 Å². The molecule has 0 aromatic heterocycles. The summed E-state index contributed by atoms with van der Waals surface area (Å²) in [4.78, 5) is 0. The molecular formula is C20H23O3P. The molecule has 126 valence electrons. The van der Waals surface area contributed by atoms with Gasteiger partial charge in [0.25, 0.3) is 0 Å². The quantitative estimate of drug-likeness (QED) is 0.647. The maximum atomic E-state index is 13.6. The van der Waals surface area contributed by atoms with Crippen molar-refractivity contribution in [2.45, 2.75) is 33.6 Å². The third-order valence-corrected chi connectivity index (χ3v) is 6.35. The van der Waals surface area contributed by atoms with Crippen molar-refractivity contribution >= 4 is 18.5 Å². The van der Waals surface area contributed by atoms with Gasteiger partial charge < -0.3 is 4.52 Å². The van der Waals surface area contributed by atoms with Gasteiger partial charge >= 0.3 is 7.60 Å². The molecule has 1 aliphatic rings. The lowest BCUT2D eigenvalue weighted by Gasteiger charge is -2.31. The number of allylic oxidation sites excluding steroid dienone is 2. The second kappa shape index (κ2) is 6.96. The van der Waals surface area contributed by atoms with Crippen LogP contribution in [0, 0.1) is 0 Å². The van der Waals surface area contributed by atoms with Crippen molar-refractivity contribution in [1.29, 1.82) is 0 Å². The summed E-state index contributed by atoms with van der Waals surface area (Å²) < 4.78 is 25.3. The number of fused-ring (bicyclic) bond motifs is 1. The molecule has 2 aromatic rings. The summed E-state index contributed by atoms with van der Waals surface area (Å²) in [7, 11) is -3.39. The van der Waals surface area contributed by atoms with Crippen molar-refractivity contribution in [2.75, 3.05) is 6.61 Å². The van der Waals surface area contributed by atoms with E-state index >= 15 is 0 Å². The van der Waals surface area contributed by atoms with Crippen LogP contribution in [0.4, 0.5) is 0 Å².